The second-order valence-corrected chi connectivity index (χ2v) is 6.03. The fraction of sp³-hybridized carbons (Fsp3) is 0.143. The quantitative estimate of drug-likeness (QED) is 0.378. The summed E-state index contributed by atoms with van der Waals surface area (Å²) in [7, 11) is 0. The molecule has 7 nitrogen and oxygen atoms in total. The molecule has 0 radical (unpaired) electrons. The third-order valence-corrected chi connectivity index (χ3v) is 4.07. The normalized spacial score (nSPS) is 11.4. The summed E-state index contributed by atoms with van der Waals surface area (Å²) in [6.07, 6.45) is 7.36. The van der Waals surface area contributed by atoms with Crippen LogP contribution in [0.1, 0.15) is 11.5 Å². The summed E-state index contributed by atoms with van der Waals surface area (Å²) >= 11 is 2.18. The van der Waals surface area contributed by atoms with Crippen molar-refractivity contribution in [3.05, 3.63) is 46.0 Å². The van der Waals surface area contributed by atoms with Crippen LogP contribution in [-0.2, 0) is 0 Å². The average Bonchev–Trinajstić information content (AvgIpc) is 3.17. The molecular weight excluding hydrogens is 395 g/mol. The minimum atomic E-state index is 0.764. The van der Waals surface area contributed by atoms with Crippen molar-refractivity contribution < 1.29 is 4.52 Å². The van der Waals surface area contributed by atoms with E-state index in [-0.39, 0.29) is 0 Å². The summed E-state index contributed by atoms with van der Waals surface area (Å²) in [5.74, 6) is 0.782. The molecule has 0 aliphatic rings. The lowest BCUT2D eigenvalue weighted by Gasteiger charge is -1.98. The molecule has 0 unspecified atom stereocenters. The van der Waals surface area contributed by atoms with Crippen LogP contribution >= 0.6 is 22.6 Å². The van der Waals surface area contributed by atoms with Crippen molar-refractivity contribution in [1.82, 2.24) is 29.5 Å². The topological polar surface area (TPSA) is 74.0 Å². The number of hydrogen-bond acceptors (Lipinski definition) is 5. The highest BCUT2D eigenvalue weighted by molar-refractivity contribution is 14.1. The van der Waals surface area contributed by atoms with Gasteiger partial charge in [-0.15, -0.1) is 0 Å². The molecule has 0 aliphatic carbocycles. The maximum absolute atomic E-state index is 5.22. The fourth-order valence-corrected chi connectivity index (χ4v) is 2.86. The van der Waals surface area contributed by atoms with E-state index in [1.807, 2.05) is 32.3 Å². The number of rotatable bonds is 2. The van der Waals surface area contributed by atoms with Crippen molar-refractivity contribution >= 4 is 28.2 Å². The maximum atomic E-state index is 5.22. The monoisotopic (exact) mass is 406 g/mol. The molecule has 0 bridgehead atoms. The summed E-state index contributed by atoms with van der Waals surface area (Å²) in [5.41, 5.74) is 4.38. The SMILES string of the molecule is Cc1noc(C)c1-c1cnn(-c2cnn3ccc(I)nc23)c1. The fourth-order valence-electron chi connectivity index (χ4n) is 2.48. The van der Waals surface area contributed by atoms with Crippen LogP contribution in [0.25, 0.3) is 22.5 Å². The lowest BCUT2D eigenvalue weighted by Crippen LogP contribution is -1.97. The van der Waals surface area contributed by atoms with Gasteiger partial charge in [0.1, 0.15) is 15.1 Å². The molecule has 0 aromatic carbocycles. The lowest BCUT2D eigenvalue weighted by molar-refractivity contribution is 0.393. The van der Waals surface area contributed by atoms with Gasteiger partial charge < -0.3 is 4.52 Å². The Hall–Kier alpha value is -2.23. The molecule has 22 heavy (non-hydrogen) atoms. The minimum absolute atomic E-state index is 0.764. The van der Waals surface area contributed by atoms with Gasteiger partial charge in [-0.05, 0) is 42.5 Å². The number of aromatic nitrogens is 6. The molecule has 110 valence electrons. The van der Waals surface area contributed by atoms with Crippen molar-refractivity contribution in [3.8, 4) is 16.8 Å². The highest BCUT2D eigenvalue weighted by atomic mass is 127. The summed E-state index contributed by atoms with van der Waals surface area (Å²) in [6, 6.07) is 1.91. The Morgan fingerprint density at radius 3 is 2.82 bits per heavy atom. The van der Waals surface area contributed by atoms with E-state index in [0.717, 1.165) is 37.6 Å². The van der Waals surface area contributed by atoms with Crippen LogP contribution < -0.4 is 0 Å². The van der Waals surface area contributed by atoms with E-state index < -0.39 is 0 Å². The standard InChI is InChI=1S/C14H11IN6O/c1-8-13(9(2)22-19-8)10-5-16-21(7-10)11-6-17-20-4-3-12(15)18-14(11)20/h3-7H,1-2H3. The molecule has 0 atom stereocenters. The van der Waals surface area contributed by atoms with E-state index in [1.165, 1.54) is 0 Å². The van der Waals surface area contributed by atoms with Crippen molar-refractivity contribution in [3.63, 3.8) is 0 Å². The highest BCUT2D eigenvalue weighted by Crippen LogP contribution is 2.27. The van der Waals surface area contributed by atoms with E-state index in [4.69, 9.17) is 4.52 Å². The second kappa shape index (κ2) is 4.90. The molecule has 8 heteroatoms. The zero-order chi connectivity index (χ0) is 15.3. The number of aryl methyl sites for hydroxylation is 2. The second-order valence-electron chi connectivity index (χ2n) is 4.92. The van der Waals surface area contributed by atoms with E-state index in [0.29, 0.717) is 0 Å². The largest absolute Gasteiger partial charge is 0.361 e. The summed E-state index contributed by atoms with van der Waals surface area (Å²) in [4.78, 5) is 4.51. The number of hydrogen-bond donors (Lipinski definition) is 0. The molecule has 0 saturated carbocycles. The van der Waals surface area contributed by atoms with Crippen molar-refractivity contribution in [1.29, 1.82) is 0 Å². The van der Waals surface area contributed by atoms with E-state index in [2.05, 4.69) is 42.9 Å². The summed E-state index contributed by atoms with van der Waals surface area (Å²) in [5, 5.41) is 12.7. The van der Waals surface area contributed by atoms with Gasteiger partial charge in [0.2, 0.25) is 0 Å². The summed E-state index contributed by atoms with van der Waals surface area (Å²) in [6.45, 7) is 3.81. The van der Waals surface area contributed by atoms with E-state index in [1.54, 1.807) is 21.6 Å². The van der Waals surface area contributed by atoms with Gasteiger partial charge in [-0.3, -0.25) is 0 Å². The third-order valence-electron chi connectivity index (χ3n) is 3.47. The molecule has 0 aliphatic heterocycles. The molecule has 0 saturated heterocycles. The lowest BCUT2D eigenvalue weighted by atomic mass is 10.1. The maximum Gasteiger partial charge on any atom is 0.182 e. The molecule has 4 heterocycles. The van der Waals surface area contributed by atoms with Gasteiger partial charge in [0, 0.05) is 18.0 Å². The van der Waals surface area contributed by atoms with Crippen LogP contribution in [0.3, 0.4) is 0 Å². The van der Waals surface area contributed by atoms with Gasteiger partial charge in [0.05, 0.1) is 23.7 Å². The number of nitrogens with zero attached hydrogens (tertiary/aromatic N) is 6. The van der Waals surface area contributed by atoms with Crippen molar-refractivity contribution in [2.75, 3.05) is 0 Å². The van der Waals surface area contributed by atoms with Crippen LogP contribution in [0.2, 0.25) is 0 Å². The van der Waals surface area contributed by atoms with Gasteiger partial charge >= 0.3 is 0 Å². The van der Waals surface area contributed by atoms with Crippen molar-refractivity contribution in [2.24, 2.45) is 0 Å². The first-order valence-electron chi connectivity index (χ1n) is 6.61. The molecule has 0 spiro atoms. The summed E-state index contributed by atoms with van der Waals surface area (Å²) < 4.78 is 9.63. The Kier molecular flexibility index (Phi) is 2.99. The van der Waals surface area contributed by atoms with Crippen LogP contribution in [0.15, 0.2) is 35.4 Å². The first-order valence-corrected chi connectivity index (χ1v) is 7.69. The Morgan fingerprint density at radius 2 is 2.05 bits per heavy atom. The van der Waals surface area contributed by atoms with E-state index >= 15 is 0 Å². The third kappa shape index (κ3) is 2.02. The van der Waals surface area contributed by atoms with Gasteiger partial charge in [-0.1, -0.05) is 5.16 Å². The van der Waals surface area contributed by atoms with Gasteiger partial charge in [0.15, 0.2) is 5.65 Å². The first-order chi connectivity index (χ1) is 10.6. The van der Waals surface area contributed by atoms with E-state index in [9.17, 15) is 0 Å². The predicted octanol–water partition coefficient (Wildman–Crippen LogP) is 2.79. The average molecular weight is 406 g/mol. The molecule has 4 rings (SSSR count). The highest BCUT2D eigenvalue weighted by Gasteiger charge is 2.15. The van der Waals surface area contributed by atoms with Crippen LogP contribution in [0, 0.1) is 17.5 Å². The molecule has 0 fully saturated rings. The van der Waals surface area contributed by atoms with Crippen LogP contribution in [0.4, 0.5) is 0 Å². The van der Waals surface area contributed by atoms with Gasteiger partial charge in [0.25, 0.3) is 0 Å². The van der Waals surface area contributed by atoms with Crippen LogP contribution in [0.5, 0.6) is 0 Å². The minimum Gasteiger partial charge on any atom is -0.361 e. The first kappa shape index (κ1) is 13.4. The number of fused-ring (bicyclic) bond motifs is 1. The molecule has 0 N–H and O–H groups in total. The zero-order valence-electron chi connectivity index (χ0n) is 11.9. The van der Waals surface area contributed by atoms with Gasteiger partial charge in [-0.25, -0.2) is 14.2 Å². The van der Waals surface area contributed by atoms with Crippen LogP contribution in [-0.4, -0.2) is 29.5 Å². The Bertz CT molecular complexity index is 963. The molecular formula is C14H11IN6O. The van der Waals surface area contributed by atoms with Gasteiger partial charge in [-0.2, -0.15) is 10.2 Å². The molecule has 4 aromatic rings. The Morgan fingerprint density at radius 1 is 1.18 bits per heavy atom. The number of halogens is 1. The smallest absolute Gasteiger partial charge is 0.182 e. The Labute approximate surface area is 139 Å². The predicted molar refractivity (Wildman–Crippen MR) is 87.8 cm³/mol. The molecule has 4 aromatic heterocycles. The van der Waals surface area contributed by atoms with Crippen molar-refractivity contribution in [2.45, 2.75) is 13.8 Å². The molecule has 0 amide bonds. The Balaban J connectivity index is 1.85. The zero-order valence-corrected chi connectivity index (χ0v) is 14.0.